The normalized spacial score (nSPS) is 20.1. The number of nitrogens with one attached hydrogen (secondary N) is 2. The average Bonchev–Trinajstić information content (AvgIpc) is 3.56. The molecule has 5 heterocycles. The highest BCUT2D eigenvalue weighted by Crippen LogP contribution is 2.42. The van der Waals surface area contributed by atoms with Crippen molar-refractivity contribution in [2.75, 3.05) is 50.9 Å². The molecule has 3 aliphatic heterocycles. The minimum atomic E-state index is -0.944. The molecule has 2 atom stereocenters. The van der Waals surface area contributed by atoms with Crippen LogP contribution in [0.15, 0.2) is 30.5 Å². The van der Waals surface area contributed by atoms with Crippen molar-refractivity contribution in [1.29, 1.82) is 0 Å². The molecule has 4 aromatic rings. The molecule has 14 heteroatoms. The predicted molar refractivity (Wildman–Crippen MR) is 205 cm³/mol. The number of carbonyl (C=O) groups excluding carboxylic acids is 1. The maximum absolute atomic E-state index is 17.2. The summed E-state index contributed by atoms with van der Waals surface area (Å²) in [7, 11) is 0. The summed E-state index contributed by atoms with van der Waals surface area (Å²) >= 11 is 0. The maximum Gasteiger partial charge on any atom is 0.412 e. The van der Waals surface area contributed by atoms with Gasteiger partial charge in [0.25, 0.3) is 0 Å². The fourth-order valence-corrected chi connectivity index (χ4v) is 8.25. The predicted octanol–water partition coefficient (Wildman–Crippen LogP) is 6.98. The number of alkyl halides is 1. The van der Waals surface area contributed by atoms with E-state index in [0.29, 0.717) is 49.2 Å². The van der Waals surface area contributed by atoms with E-state index in [1.165, 1.54) is 24.4 Å². The Kier molecular flexibility index (Phi) is 12.2. The van der Waals surface area contributed by atoms with Gasteiger partial charge in [-0.2, -0.15) is 9.97 Å². The first-order valence-corrected chi connectivity index (χ1v) is 19.5. The fourth-order valence-electron chi connectivity index (χ4n) is 8.25. The largest absolute Gasteiger partial charge is 0.461 e. The van der Waals surface area contributed by atoms with Crippen LogP contribution in [0, 0.1) is 24.0 Å². The Hall–Kier alpha value is -4.71. The third kappa shape index (κ3) is 8.44. The second-order valence-electron chi connectivity index (χ2n) is 14.8. The van der Waals surface area contributed by atoms with Gasteiger partial charge in [0, 0.05) is 56.4 Å². The Balaban J connectivity index is 1.24. The van der Waals surface area contributed by atoms with Crippen molar-refractivity contribution < 1.29 is 32.5 Å². The van der Waals surface area contributed by atoms with E-state index < -0.39 is 29.4 Å². The van der Waals surface area contributed by atoms with Crippen LogP contribution in [0.5, 0.6) is 11.8 Å². The monoisotopic (exact) mass is 759 g/mol. The molecule has 2 aromatic carbocycles. The number of hydrogen-bond acceptors (Lipinski definition) is 10. The lowest BCUT2D eigenvalue weighted by atomic mass is 9.95. The van der Waals surface area contributed by atoms with Crippen LogP contribution in [0.3, 0.4) is 0 Å². The number of unbranched alkanes of at least 4 members (excludes halogenated alkanes) is 5. The van der Waals surface area contributed by atoms with Crippen LogP contribution in [-0.2, 0) is 0 Å². The number of aliphatic hydroxyl groups excluding tert-OH is 1. The first-order valence-electron chi connectivity index (χ1n) is 19.5. The average molecular weight is 760 g/mol. The van der Waals surface area contributed by atoms with Gasteiger partial charge in [-0.05, 0) is 68.7 Å². The lowest BCUT2D eigenvalue weighted by Gasteiger charge is -2.31. The molecular formula is C41H48F3N7O4. The second-order valence-corrected chi connectivity index (χ2v) is 14.8. The molecule has 3 aliphatic rings. The number of nitrogens with zero attached hydrogens (tertiary/aromatic N) is 5. The Labute approximate surface area is 319 Å². The third-order valence-electron chi connectivity index (χ3n) is 11.0. The van der Waals surface area contributed by atoms with Gasteiger partial charge in [0.1, 0.15) is 35.6 Å². The van der Waals surface area contributed by atoms with E-state index in [4.69, 9.17) is 26.0 Å². The van der Waals surface area contributed by atoms with Crippen LogP contribution in [-0.4, -0.2) is 88.7 Å². The number of halogens is 3. The van der Waals surface area contributed by atoms with E-state index in [-0.39, 0.29) is 52.7 Å². The van der Waals surface area contributed by atoms with Crippen molar-refractivity contribution in [2.24, 2.45) is 0 Å². The molecular weight excluding hydrogens is 711 g/mol. The number of benzene rings is 2. The van der Waals surface area contributed by atoms with Crippen molar-refractivity contribution in [3.8, 4) is 35.4 Å². The number of terminal acetylenes is 1. The molecule has 292 valence electrons. The van der Waals surface area contributed by atoms with Crippen molar-refractivity contribution >= 4 is 33.6 Å². The van der Waals surface area contributed by atoms with E-state index in [9.17, 15) is 9.18 Å². The minimum Gasteiger partial charge on any atom is -0.461 e. The van der Waals surface area contributed by atoms with Crippen LogP contribution < -0.4 is 25.2 Å². The van der Waals surface area contributed by atoms with Gasteiger partial charge in [-0.1, -0.05) is 44.1 Å². The Morgan fingerprint density at radius 2 is 1.91 bits per heavy atom. The summed E-state index contributed by atoms with van der Waals surface area (Å²) in [5, 5.41) is 14.5. The number of aliphatic hydroxyl groups is 1. The number of ether oxygens (including phenoxy) is 2. The van der Waals surface area contributed by atoms with Gasteiger partial charge in [-0.3, -0.25) is 14.9 Å². The summed E-state index contributed by atoms with van der Waals surface area (Å²) < 4.78 is 58.9. The number of rotatable bonds is 14. The summed E-state index contributed by atoms with van der Waals surface area (Å²) in [5.74, 6) is 1.40. The number of hydrazine groups is 1. The Bertz CT molecular complexity index is 2050. The zero-order valence-electron chi connectivity index (χ0n) is 31.0. The molecule has 0 saturated carbocycles. The molecule has 3 fully saturated rings. The van der Waals surface area contributed by atoms with Crippen LogP contribution in [0.4, 0.5) is 23.8 Å². The summed E-state index contributed by atoms with van der Waals surface area (Å²) in [6.07, 6.45) is 16.0. The standard InChI is InChI=1S/C41H48F3N7O4/c1-2-30-33(43)14-13-27-21-29(55-40(53)45-16-8-5-3-4-6-11-20-52)22-31(34(27)30)36-35(44)37-32(24-46-36)38(51-19-10-7-9-17-47-51)49-39(48-37)54-26-41-15-12-18-50(41)25-28(42)23-41/h1,13-14,21-22,24,28,47,52H,3-12,15-20,23,25-26H2,(H,45,53)/t28-,41+/m1/s1. The highest BCUT2D eigenvalue weighted by molar-refractivity contribution is 6.03. The number of aromatic nitrogens is 3. The summed E-state index contributed by atoms with van der Waals surface area (Å²) in [6.45, 7) is 3.21. The molecule has 0 aliphatic carbocycles. The Morgan fingerprint density at radius 3 is 2.75 bits per heavy atom. The van der Waals surface area contributed by atoms with E-state index >= 15 is 8.78 Å². The van der Waals surface area contributed by atoms with Crippen LogP contribution in [0.1, 0.15) is 82.6 Å². The van der Waals surface area contributed by atoms with Crippen molar-refractivity contribution in [2.45, 2.75) is 88.8 Å². The highest BCUT2D eigenvalue weighted by atomic mass is 19.1. The number of fused-ring (bicyclic) bond motifs is 3. The molecule has 0 radical (unpaired) electrons. The van der Waals surface area contributed by atoms with E-state index in [1.54, 1.807) is 6.07 Å². The van der Waals surface area contributed by atoms with Crippen LogP contribution in [0.2, 0.25) is 0 Å². The first-order chi connectivity index (χ1) is 26.8. The summed E-state index contributed by atoms with van der Waals surface area (Å²) in [4.78, 5) is 28.9. The minimum absolute atomic E-state index is 0.0488. The summed E-state index contributed by atoms with van der Waals surface area (Å²) in [6, 6.07) is 5.63. The quantitative estimate of drug-likeness (QED) is 0.0917. The van der Waals surface area contributed by atoms with Gasteiger partial charge < -0.3 is 19.9 Å². The van der Waals surface area contributed by atoms with Gasteiger partial charge in [0.2, 0.25) is 0 Å². The maximum atomic E-state index is 17.2. The van der Waals surface area contributed by atoms with Crippen molar-refractivity contribution in [1.82, 2.24) is 30.6 Å². The highest BCUT2D eigenvalue weighted by Gasteiger charge is 2.49. The molecule has 0 spiro atoms. The first kappa shape index (κ1) is 38.6. The zero-order chi connectivity index (χ0) is 38.4. The number of anilines is 1. The van der Waals surface area contributed by atoms with Gasteiger partial charge >= 0.3 is 12.1 Å². The molecule has 7 rings (SSSR count). The number of pyridine rings is 1. The number of carbonyl (C=O) groups is 1. The van der Waals surface area contributed by atoms with Gasteiger partial charge in [0.05, 0.1) is 16.5 Å². The topological polar surface area (TPSA) is 125 Å². The fraction of sp³-hybridized carbons (Fsp3) is 0.512. The van der Waals surface area contributed by atoms with E-state index in [1.807, 2.05) is 5.01 Å². The van der Waals surface area contributed by atoms with Gasteiger partial charge in [0.15, 0.2) is 11.6 Å². The molecule has 55 heavy (non-hydrogen) atoms. The second kappa shape index (κ2) is 17.4. The van der Waals surface area contributed by atoms with E-state index in [2.05, 4.69) is 31.5 Å². The molecule has 0 unspecified atom stereocenters. The molecule has 2 aromatic heterocycles. The SMILES string of the molecule is C#Cc1c(F)ccc2cc(OC(=O)NCCCCCCCCO)cc(-c3ncc4c(N5CCCCCN5)nc(OC[C@@]56CCCN5C[C@H](F)C6)nc4c3F)c12. The molecule has 3 N–H and O–H groups in total. The van der Waals surface area contributed by atoms with E-state index in [0.717, 1.165) is 77.2 Å². The van der Waals surface area contributed by atoms with Crippen LogP contribution in [0.25, 0.3) is 32.9 Å². The lowest BCUT2D eigenvalue weighted by molar-refractivity contribution is 0.107. The number of amides is 1. The molecule has 11 nitrogen and oxygen atoms in total. The molecule has 0 bridgehead atoms. The third-order valence-corrected chi connectivity index (χ3v) is 11.0. The van der Waals surface area contributed by atoms with Gasteiger partial charge in [-0.25, -0.2) is 23.4 Å². The molecule has 1 amide bonds. The lowest BCUT2D eigenvalue weighted by Crippen LogP contribution is -2.43. The van der Waals surface area contributed by atoms with Gasteiger partial charge in [-0.15, -0.1) is 6.42 Å². The van der Waals surface area contributed by atoms with Crippen LogP contribution >= 0.6 is 0 Å². The Morgan fingerprint density at radius 1 is 1.07 bits per heavy atom. The summed E-state index contributed by atoms with van der Waals surface area (Å²) in [5.41, 5.74) is 2.69. The zero-order valence-corrected chi connectivity index (χ0v) is 31.0. The smallest absolute Gasteiger partial charge is 0.412 e. The van der Waals surface area contributed by atoms with Crippen molar-refractivity contribution in [3.63, 3.8) is 0 Å². The number of hydrogen-bond donors (Lipinski definition) is 3. The van der Waals surface area contributed by atoms with Crippen molar-refractivity contribution in [3.05, 3.63) is 47.7 Å². The molecule has 3 saturated heterocycles.